The lowest BCUT2D eigenvalue weighted by Crippen LogP contribution is -2.44. The van der Waals surface area contributed by atoms with Crippen molar-refractivity contribution in [2.75, 3.05) is 19.5 Å². The van der Waals surface area contributed by atoms with Crippen LogP contribution in [0.15, 0.2) is 24.3 Å². The maximum absolute atomic E-state index is 12.0. The number of carbonyl (C=O) groups is 1. The molecule has 0 radical (unpaired) electrons. The van der Waals surface area contributed by atoms with Crippen molar-refractivity contribution in [2.45, 2.75) is 31.2 Å². The van der Waals surface area contributed by atoms with E-state index >= 15 is 0 Å². The van der Waals surface area contributed by atoms with E-state index in [1.54, 1.807) is 7.11 Å². The van der Waals surface area contributed by atoms with Crippen LogP contribution in [0.5, 0.6) is 5.75 Å². The fraction of sp³-hybridized carbons (Fsp3) is 0.500. The third-order valence-electron chi connectivity index (χ3n) is 3.49. The quantitative estimate of drug-likeness (QED) is 0.833. The molecule has 4 nitrogen and oxygen atoms in total. The molecule has 0 spiro atoms. The number of rotatable bonds is 4. The summed E-state index contributed by atoms with van der Waals surface area (Å²) in [4.78, 5) is 12.0. The molecule has 0 saturated heterocycles. The van der Waals surface area contributed by atoms with E-state index in [0.717, 1.165) is 37.1 Å². The van der Waals surface area contributed by atoms with Gasteiger partial charge in [-0.25, -0.2) is 4.79 Å². The molecule has 0 aliphatic heterocycles. The molecular weight excluding hydrogens is 230 g/mol. The van der Waals surface area contributed by atoms with Crippen LogP contribution in [0.2, 0.25) is 0 Å². The summed E-state index contributed by atoms with van der Waals surface area (Å²) in [7, 11) is 3.07. The molecule has 0 atom stereocenters. The second kappa shape index (κ2) is 5.29. The van der Waals surface area contributed by atoms with E-state index in [0.29, 0.717) is 0 Å². The number of nitrogens with one attached hydrogen (secondary N) is 1. The van der Waals surface area contributed by atoms with Gasteiger partial charge in [-0.3, -0.25) is 0 Å². The van der Waals surface area contributed by atoms with Crippen molar-refractivity contribution >= 4 is 11.7 Å². The lowest BCUT2D eigenvalue weighted by molar-refractivity contribution is -0.145. The molecule has 1 aromatic carbocycles. The molecule has 0 bridgehead atoms. The first-order valence-electron chi connectivity index (χ1n) is 6.21. The molecule has 4 heteroatoms. The van der Waals surface area contributed by atoms with Crippen LogP contribution in [0.3, 0.4) is 0 Å². The van der Waals surface area contributed by atoms with Crippen LogP contribution in [-0.4, -0.2) is 25.7 Å². The monoisotopic (exact) mass is 249 g/mol. The number of esters is 1. The molecule has 1 fully saturated rings. The largest absolute Gasteiger partial charge is 0.497 e. The minimum Gasteiger partial charge on any atom is -0.497 e. The predicted octanol–water partition coefficient (Wildman–Crippen LogP) is 2.59. The van der Waals surface area contributed by atoms with Crippen LogP contribution < -0.4 is 10.1 Å². The first-order chi connectivity index (χ1) is 8.70. The van der Waals surface area contributed by atoms with Crippen LogP contribution in [-0.2, 0) is 9.53 Å². The average Bonchev–Trinajstić information content (AvgIpc) is 2.87. The Bertz CT molecular complexity index is 425. The number of ether oxygens (including phenoxy) is 2. The Morgan fingerprint density at radius 2 is 2.00 bits per heavy atom. The van der Waals surface area contributed by atoms with Gasteiger partial charge in [0.15, 0.2) is 0 Å². The highest BCUT2D eigenvalue weighted by atomic mass is 16.5. The fourth-order valence-corrected chi connectivity index (χ4v) is 2.53. The van der Waals surface area contributed by atoms with Crippen molar-refractivity contribution in [2.24, 2.45) is 0 Å². The number of methoxy groups -OCH3 is 2. The summed E-state index contributed by atoms with van der Waals surface area (Å²) in [5.74, 6) is 0.598. The van der Waals surface area contributed by atoms with Gasteiger partial charge < -0.3 is 14.8 Å². The van der Waals surface area contributed by atoms with Gasteiger partial charge in [0, 0.05) is 11.8 Å². The van der Waals surface area contributed by atoms with Crippen molar-refractivity contribution < 1.29 is 14.3 Å². The zero-order chi connectivity index (χ0) is 13.0. The molecule has 0 aromatic heterocycles. The van der Waals surface area contributed by atoms with E-state index in [9.17, 15) is 4.79 Å². The zero-order valence-electron chi connectivity index (χ0n) is 10.9. The molecule has 1 N–H and O–H groups in total. The second-order valence-corrected chi connectivity index (χ2v) is 4.64. The summed E-state index contributed by atoms with van der Waals surface area (Å²) >= 11 is 0. The molecule has 1 aliphatic carbocycles. The van der Waals surface area contributed by atoms with E-state index in [1.807, 2.05) is 24.3 Å². The lowest BCUT2D eigenvalue weighted by Gasteiger charge is -2.28. The zero-order valence-corrected chi connectivity index (χ0v) is 10.9. The Morgan fingerprint density at radius 3 is 2.61 bits per heavy atom. The van der Waals surface area contributed by atoms with E-state index in [2.05, 4.69) is 5.32 Å². The topological polar surface area (TPSA) is 47.6 Å². The Kier molecular flexibility index (Phi) is 3.75. The molecule has 0 unspecified atom stereocenters. The SMILES string of the molecule is COC(=O)C1(Nc2cccc(OC)c2)CCCC1. The van der Waals surface area contributed by atoms with Gasteiger partial charge in [-0.15, -0.1) is 0 Å². The van der Waals surface area contributed by atoms with Crippen molar-refractivity contribution in [1.29, 1.82) is 0 Å². The summed E-state index contributed by atoms with van der Waals surface area (Å²) in [6, 6.07) is 7.61. The van der Waals surface area contributed by atoms with E-state index in [-0.39, 0.29) is 5.97 Å². The number of hydrogen-bond donors (Lipinski definition) is 1. The molecular formula is C14H19NO3. The molecule has 1 aliphatic rings. The summed E-state index contributed by atoms with van der Waals surface area (Å²) in [5, 5.41) is 3.33. The highest BCUT2D eigenvalue weighted by Gasteiger charge is 2.42. The van der Waals surface area contributed by atoms with Crippen molar-refractivity contribution in [3.8, 4) is 5.75 Å². The average molecular weight is 249 g/mol. The number of hydrogen-bond acceptors (Lipinski definition) is 4. The summed E-state index contributed by atoms with van der Waals surface area (Å²) in [6.45, 7) is 0. The summed E-state index contributed by atoms with van der Waals surface area (Å²) in [5.41, 5.74) is 0.322. The van der Waals surface area contributed by atoms with Crippen LogP contribution in [0.4, 0.5) is 5.69 Å². The van der Waals surface area contributed by atoms with Gasteiger partial charge in [-0.1, -0.05) is 18.9 Å². The molecule has 2 rings (SSSR count). The number of anilines is 1. The summed E-state index contributed by atoms with van der Waals surface area (Å²) < 4.78 is 10.1. The fourth-order valence-electron chi connectivity index (χ4n) is 2.53. The Labute approximate surface area is 107 Å². The Hall–Kier alpha value is -1.71. The first kappa shape index (κ1) is 12.7. The normalized spacial score (nSPS) is 17.2. The second-order valence-electron chi connectivity index (χ2n) is 4.64. The maximum Gasteiger partial charge on any atom is 0.331 e. The van der Waals surface area contributed by atoms with Crippen LogP contribution >= 0.6 is 0 Å². The van der Waals surface area contributed by atoms with Gasteiger partial charge in [-0.05, 0) is 25.0 Å². The molecule has 98 valence electrons. The van der Waals surface area contributed by atoms with Crippen molar-refractivity contribution in [1.82, 2.24) is 0 Å². The standard InChI is InChI=1S/C14H19NO3/c1-17-12-7-5-6-11(10-12)15-14(13(16)18-2)8-3-4-9-14/h5-7,10,15H,3-4,8-9H2,1-2H3. The van der Waals surface area contributed by atoms with Gasteiger partial charge in [0.2, 0.25) is 0 Å². The van der Waals surface area contributed by atoms with E-state index in [1.165, 1.54) is 7.11 Å². The van der Waals surface area contributed by atoms with Gasteiger partial charge in [0.25, 0.3) is 0 Å². The van der Waals surface area contributed by atoms with Crippen LogP contribution in [0.1, 0.15) is 25.7 Å². The number of carbonyl (C=O) groups excluding carboxylic acids is 1. The van der Waals surface area contributed by atoms with Gasteiger partial charge in [0.05, 0.1) is 14.2 Å². The minimum atomic E-state index is -0.568. The van der Waals surface area contributed by atoms with Gasteiger partial charge in [-0.2, -0.15) is 0 Å². The molecule has 1 aromatic rings. The smallest absolute Gasteiger partial charge is 0.331 e. The first-order valence-corrected chi connectivity index (χ1v) is 6.21. The molecule has 1 saturated carbocycles. The third kappa shape index (κ3) is 2.42. The van der Waals surface area contributed by atoms with Crippen molar-refractivity contribution in [3.05, 3.63) is 24.3 Å². The van der Waals surface area contributed by atoms with E-state index < -0.39 is 5.54 Å². The third-order valence-corrected chi connectivity index (χ3v) is 3.49. The van der Waals surface area contributed by atoms with Crippen LogP contribution in [0.25, 0.3) is 0 Å². The Morgan fingerprint density at radius 1 is 1.28 bits per heavy atom. The lowest BCUT2D eigenvalue weighted by atomic mass is 9.97. The molecule has 18 heavy (non-hydrogen) atoms. The highest BCUT2D eigenvalue weighted by Crippen LogP contribution is 2.34. The van der Waals surface area contributed by atoms with Crippen molar-refractivity contribution in [3.63, 3.8) is 0 Å². The van der Waals surface area contributed by atoms with Gasteiger partial charge in [0.1, 0.15) is 11.3 Å². The molecule has 0 amide bonds. The Balaban J connectivity index is 2.20. The van der Waals surface area contributed by atoms with Gasteiger partial charge >= 0.3 is 5.97 Å². The van der Waals surface area contributed by atoms with E-state index in [4.69, 9.17) is 9.47 Å². The predicted molar refractivity (Wildman–Crippen MR) is 69.8 cm³/mol. The van der Waals surface area contributed by atoms with Crippen LogP contribution in [0, 0.1) is 0 Å². The molecule has 0 heterocycles. The minimum absolute atomic E-state index is 0.178. The highest BCUT2D eigenvalue weighted by molar-refractivity contribution is 5.85. The summed E-state index contributed by atoms with van der Waals surface area (Å²) in [6.07, 6.45) is 3.73. The maximum atomic E-state index is 12.0. The number of benzene rings is 1.